The topological polar surface area (TPSA) is 88.7 Å². The largest absolute Gasteiger partial charge is 0.311 e. The van der Waals surface area contributed by atoms with Crippen LogP contribution in [0.15, 0.2) is 47.7 Å². The molecule has 8 heteroatoms. The molecule has 7 nitrogen and oxygen atoms in total. The van der Waals surface area contributed by atoms with Crippen molar-refractivity contribution in [1.82, 2.24) is 4.98 Å². The SMILES string of the molecule is CN1C(=O)C(F)N=C(c2ccncc2)c2cc([N+](=O)[O-])ccc21. The molecule has 0 aliphatic carbocycles. The van der Waals surface area contributed by atoms with E-state index in [0.717, 1.165) is 4.90 Å². The number of nitrogens with zero attached hydrogens (tertiary/aromatic N) is 4. The van der Waals surface area contributed by atoms with Crippen molar-refractivity contribution in [2.45, 2.75) is 6.30 Å². The van der Waals surface area contributed by atoms with Gasteiger partial charge in [-0.25, -0.2) is 9.38 Å². The number of benzodiazepines with no additional fused rings is 1. The summed E-state index contributed by atoms with van der Waals surface area (Å²) in [7, 11) is 1.41. The molecule has 1 aliphatic rings. The predicted molar refractivity (Wildman–Crippen MR) is 81.3 cm³/mol. The van der Waals surface area contributed by atoms with Crippen molar-refractivity contribution in [1.29, 1.82) is 0 Å². The minimum Gasteiger partial charge on any atom is -0.311 e. The van der Waals surface area contributed by atoms with E-state index < -0.39 is 17.1 Å². The normalized spacial score (nSPS) is 17.3. The van der Waals surface area contributed by atoms with Crippen molar-refractivity contribution in [3.63, 3.8) is 0 Å². The summed E-state index contributed by atoms with van der Waals surface area (Å²) in [6.45, 7) is 0. The number of amides is 1. The molecule has 1 amide bonds. The summed E-state index contributed by atoms with van der Waals surface area (Å²) < 4.78 is 14.1. The van der Waals surface area contributed by atoms with E-state index in [1.807, 2.05) is 0 Å². The van der Waals surface area contributed by atoms with Crippen LogP contribution >= 0.6 is 0 Å². The Morgan fingerprint density at radius 1 is 1.26 bits per heavy atom. The molecular formula is C15H11FN4O3. The van der Waals surface area contributed by atoms with E-state index in [1.54, 1.807) is 12.1 Å². The number of rotatable bonds is 2. The lowest BCUT2D eigenvalue weighted by Crippen LogP contribution is -2.32. The summed E-state index contributed by atoms with van der Waals surface area (Å²) in [5.74, 6) is -0.829. The number of hydrogen-bond acceptors (Lipinski definition) is 5. The van der Waals surface area contributed by atoms with Crippen molar-refractivity contribution in [3.8, 4) is 0 Å². The summed E-state index contributed by atoms with van der Waals surface area (Å²) in [6, 6.07) is 7.18. The number of non-ortho nitro benzene ring substituents is 1. The number of aromatic nitrogens is 1. The van der Waals surface area contributed by atoms with Crippen LogP contribution in [-0.2, 0) is 4.79 Å². The molecule has 3 rings (SSSR count). The van der Waals surface area contributed by atoms with Crippen molar-refractivity contribution >= 4 is 23.0 Å². The van der Waals surface area contributed by atoms with Gasteiger partial charge in [-0.2, -0.15) is 0 Å². The zero-order chi connectivity index (χ0) is 16.6. The van der Waals surface area contributed by atoms with Gasteiger partial charge in [0, 0.05) is 42.7 Å². The van der Waals surface area contributed by atoms with Crippen LogP contribution in [0.25, 0.3) is 0 Å². The number of halogens is 1. The maximum absolute atomic E-state index is 14.1. The maximum atomic E-state index is 14.1. The number of pyridine rings is 1. The number of nitro benzene ring substituents is 1. The Bertz CT molecular complexity index is 823. The summed E-state index contributed by atoms with van der Waals surface area (Å²) in [4.78, 5) is 31.3. The van der Waals surface area contributed by atoms with Gasteiger partial charge in [-0.15, -0.1) is 0 Å². The Kier molecular flexibility index (Phi) is 3.57. The van der Waals surface area contributed by atoms with Gasteiger partial charge in [0.15, 0.2) is 0 Å². The Morgan fingerprint density at radius 2 is 1.96 bits per heavy atom. The molecule has 1 atom stereocenters. The van der Waals surface area contributed by atoms with Gasteiger partial charge in [-0.05, 0) is 18.2 Å². The van der Waals surface area contributed by atoms with Crippen LogP contribution in [-0.4, -0.2) is 34.9 Å². The molecule has 0 spiro atoms. The molecule has 2 aromatic rings. The molecule has 1 unspecified atom stereocenters. The molecule has 0 saturated carbocycles. The van der Waals surface area contributed by atoms with Gasteiger partial charge in [0.1, 0.15) is 0 Å². The minimum absolute atomic E-state index is 0.163. The number of aliphatic imine (C=N–C) groups is 1. The fraction of sp³-hybridized carbons (Fsp3) is 0.133. The second kappa shape index (κ2) is 5.56. The lowest BCUT2D eigenvalue weighted by Gasteiger charge is -2.18. The zero-order valence-corrected chi connectivity index (χ0v) is 12.0. The van der Waals surface area contributed by atoms with Gasteiger partial charge < -0.3 is 4.90 Å². The third-order valence-corrected chi connectivity index (χ3v) is 3.54. The highest BCUT2D eigenvalue weighted by molar-refractivity contribution is 6.20. The number of carbonyl (C=O) groups is 1. The van der Waals surface area contributed by atoms with Crippen LogP contribution in [0, 0.1) is 10.1 Å². The number of anilines is 1. The van der Waals surface area contributed by atoms with Crippen LogP contribution in [0.2, 0.25) is 0 Å². The molecule has 116 valence electrons. The van der Waals surface area contributed by atoms with E-state index in [9.17, 15) is 19.3 Å². The standard InChI is InChI=1S/C15H11FN4O3/c1-19-12-3-2-10(20(22)23)8-11(12)13(18-14(16)15(19)21)9-4-6-17-7-5-9/h2-8,14H,1H3. The molecule has 0 saturated heterocycles. The Labute approximate surface area is 130 Å². The highest BCUT2D eigenvalue weighted by Crippen LogP contribution is 2.30. The number of benzene rings is 1. The van der Waals surface area contributed by atoms with Gasteiger partial charge in [0.05, 0.1) is 16.3 Å². The van der Waals surface area contributed by atoms with Crippen LogP contribution in [0.5, 0.6) is 0 Å². The number of nitro groups is 1. The molecule has 1 aliphatic heterocycles. The molecule has 1 aromatic carbocycles. The van der Waals surface area contributed by atoms with Crippen LogP contribution in [0.3, 0.4) is 0 Å². The number of fused-ring (bicyclic) bond motifs is 1. The Hall–Kier alpha value is -3.16. The van der Waals surface area contributed by atoms with Gasteiger partial charge in [0.2, 0.25) is 0 Å². The first-order valence-corrected chi connectivity index (χ1v) is 6.67. The third kappa shape index (κ3) is 2.54. The molecule has 0 bridgehead atoms. The lowest BCUT2D eigenvalue weighted by atomic mass is 10.0. The molecule has 2 heterocycles. The Balaban J connectivity index is 2.28. The number of carbonyl (C=O) groups excluding carboxylic acids is 1. The van der Waals surface area contributed by atoms with Gasteiger partial charge in [-0.1, -0.05) is 0 Å². The average Bonchev–Trinajstić information content (AvgIpc) is 2.66. The van der Waals surface area contributed by atoms with Crippen LogP contribution in [0.4, 0.5) is 15.8 Å². The van der Waals surface area contributed by atoms with Crippen LogP contribution in [0.1, 0.15) is 11.1 Å². The Morgan fingerprint density at radius 3 is 2.61 bits per heavy atom. The molecule has 23 heavy (non-hydrogen) atoms. The van der Waals surface area contributed by atoms with Gasteiger partial charge >= 0.3 is 0 Å². The van der Waals surface area contributed by atoms with E-state index >= 15 is 0 Å². The van der Waals surface area contributed by atoms with Crippen molar-refractivity contribution in [2.24, 2.45) is 4.99 Å². The maximum Gasteiger partial charge on any atom is 0.284 e. The third-order valence-electron chi connectivity index (χ3n) is 3.54. The molecule has 0 N–H and O–H groups in total. The van der Waals surface area contributed by atoms with Crippen molar-refractivity contribution in [3.05, 3.63) is 64.0 Å². The predicted octanol–water partition coefficient (Wildman–Crippen LogP) is 2.10. The monoisotopic (exact) mass is 314 g/mol. The highest BCUT2D eigenvalue weighted by Gasteiger charge is 2.30. The second-order valence-electron chi connectivity index (χ2n) is 4.91. The van der Waals surface area contributed by atoms with Crippen molar-refractivity contribution in [2.75, 3.05) is 11.9 Å². The first-order valence-electron chi connectivity index (χ1n) is 6.67. The smallest absolute Gasteiger partial charge is 0.284 e. The lowest BCUT2D eigenvalue weighted by molar-refractivity contribution is -0.384. The van der Waals surface area contributed by atoms with E-state index in [4.69, 9.17) is 0 Å². The van der Waals surface area contributed by atoms with E-state index in [1.165, 1.54) is 37.6 Å². The first-order chi connectivity index (χ1) is 11.0. The average molecular weight is 314 g/mol. The quantitative estimate of drug-likeness (QED) is 0.482. The molecule has 0 radical (unpaired) electrons. The first kappa shape index (κ1) is 14.8. The van der Waals surface area contributed by atoms with E-state index in [0.29, 0.717) is 16.8 Å². The molecular weight excluding hydrogens is 303 g/mol. The fourth-order valence-electron chi connectivity index (χ4n) is 2.38. The minimum atomic E-state index is -2.07. The number of likely N-dealkylation sites (N-methyl/N-ethyl adjacent to an activating group) is 1. The second-order valence-corrected chi connectivity index (χ2v) is 4.91. The van der Waals surface area contributed by atoms with Gasteiger partial charge in [-0.3, -0.25) is 19.9 Å². The van der Waals surface area contributed by atoms with Gasteiger partial charge in [0.25, 0.3) is 17.9 Å². The molecule has 0 fully saturated rings. The summed E-state index contributed by atoms with van der Waals surface area (Å²) in [5, 5.41) is 11.0. The zero-order valence-electron chi connectivity index (χ0n) is 12.0. The van der Waals surface area contributed by atoms with E-state index in [2.05, 4.69) is 9.98 Å². The number of alkyl halides is 1. The van der Waals surface area contributed by atoms with Crippen molar-refractivity contribution < 1.29 is 14.1 Å². The summed E-state index contributed by atoms with van der Waals surface area (Å²) in [6.07, 6.45) is 0.923. The fourth-order valence-corrected chi connectivity index (χ4v) is 2.38. The molecule has 1 aromatic heterocycles. The van der Waals surface area contributed by atoms with Crippen LogP contribution < -0.4 is 4.90 Å². The van der Waals surface area contributed by atoms with E-state index in [-0.39, 0.29) is 11.4 Å². The summed E-state index contributed by atoms with van der Waals surface area (Å²) >= 11 is 0. The number of hydrogen-bond donors (Lipinski definition) is 0. The highest BCUT2D eigenvalue weighted by atomic mass is 19.1. The summed E-state index contributed by atoms with van der Waals surface area (Å²) in [5.41, 5.74) is 1.21.